The number of anilines is 1. The molecule has 7 heteroatoms. The molecule has 0 aliphatic rings. The number of hydrogen-bond acceptors (Lipinski definition) is 3. The van der Waals surface area contributed by atoms with Crippen molar-refractivity contribution in [3.63, 3.8) is 0 Å². The Bertz CT molecular complexity index is 460. The SMILES string of the molecule is CCC(CN)CC(=O)Nc1ccccc1OCC(F)(F)F. The maximum Gasteiger partial charge on any atom is 0.422 e. The number of nitrogens with one attached hydrogen (secondary N) is 1. The van der Waals surface area contributed by atoms with Crippen LogP contribution in [0.4, 0.5) is 18.9 Å². The lowest BCUT2D eigenvalue weighted by Gasteiger charge is -2.15. The Balaban J connectivity index is 2.68. The molecule has 1 rings (SSSR count). The molecule has 21 heavy (non-hydrogen) atoms. The van der Waals surface area contributed by atoms with Crippen molar-refractivity contribution >= 4 is 11.6 Å². The van der Waals surface area contributed by atoms with Crippen LogP contribution in [0, 0.1) is 5.92 Å². The lowest BCUT2D eigenvalue weighted by Crippen LogP contribution is -2.23. The summed E-state index contributed by atoms with van der Waals surface area (Å²) < 4.78 is 41.2. The minimum Gasteiger partial charge on any atom is -0.482 e. The first-order valence-corrected chi connectivity index (χ1v) is 6.64. The second-order valence-electron chi connectivity index (χ2n) is 4.66. The average molecular weight is 304 g/mol. The van der Waals surface area contributed by atoms with Gasteiger partial charge in [-0.15, -0.1) is 0 Å². The van der Waals surface area contributed by atoms with E-state index < -0.39 is 12.8 Å². The Hall–Kier alpha value is -1.76. The summed E-state index contributed by atoms with van der Waals surface area (Å²) in [6, 6.07) is 6.01. The third-order valence-electron chi connectivity index (χ3n) is 2.94. The van der Waals surface area contributed by atoms with E-state index in [4.69, 9.17) is 10.5 Å². The zero-order valence-electron chi connectivity index (χ0n) is 11.7. The third-order valence-corrected chi connectivity index (χ3v) is 2.94. The third kappa shape index (κ3) is 6.48. The fraction of sp³-hybridized carbons (Fsp3) is 0.500. The monoisotopic (exact) mass is 304 g/mol. The van der Waals surface area contributed by atoms with Crippen molar-refractivity contribution in [1.29, 1.82) is 0 Å². The zero-order valence-corrected chi connectivity index (χ0v) is 11.7. The van der Waals surface area contributed by atoms with Gasteiger partial charge in [0.05, 0.1) is 5.69 Å². The van der Waals surface area contributed by atoms with Gasteiger partial charge in [0.25, 0.3) is 0 Å². The van der Waals surface area contributed by atoms with Gasteiger partial charge in [0, 0.05) is 6.42 Å². The quantitative estimate of drug-likeness (QED) is 0.814. The summed E-state index contributed by atoms with van der Waals surface area (Å²) in [5, 5.41) is 2.56. The Morgan fingerprint density at radius 3 is 2.62 bits per heavy atom. The fourth-order valence-electron chi connectivity index (χ4n) is 1.71. The predicted molar refractivity (Wildman–Crippen MR) is 74.1 cm³/mol. The highest BCUT2D eigenvalue weighted by Gasteiger charge is 2.28. The van der Waals surface area contributed by atoms with Crippen molar-refractivity contribution in [1.82, 2.24) is 0 Å². The summed E-state index contributed by atoms with van der Waals surface area (Å²) in [7, 11) is 0. The van der Waals surface area contributed by atoms with Crippen LogP contribution in [-0.2, 0) is 4.79 Å². The molecule has 0 aliphatic heterocycles. The van der Waals surface area contributed by atoms with E-state index in [9.17, 15) is 18.0 Å². The van der Waals surface area contributed by atoms with E-state index in [1.165, 1.54) is 18.2 Å². The largest absolute Gasteiger partial charge is 0.482 e. The maximum atomic E-state index is 12.2. The first kappa shape index (κ1) is 17.3. The summed E-state index contributed by atoms with van der Waals surface area (Å²) in [4.78, 5) is 11.8. The molecule has 1 amide bonds. The molecular formula is C14H19F3N2O2. The van der Waals surface area contributed by atoms with Gasteiger partial charge < -0.3 is 15.8 Å². The van der Waals surface area contributed by atoms with Crippen LogP contribution in [0.1, 0.15) is 19.8 Å². The van der Waals surface area contributed by atoms with Crippen molar-refractivity contribution in [3.8, 4) is 5.75 Å². The van der Waals surface area contributed by atoms with E-state index in [0.717, 1.165) is 6.42 Å². The number of amides is 1. The van der Waals surface area contributed by atoms with Crippen LogP contribution < -0.4 is 15.8 Å². The molecule has 1 atom stereocenters. The number of carbonyl (C=O) groups is 1. The van der Waals surface area contributed by atoms with E-state index in [2.05, 4.69) is 5.32 Å². The number of para-hydroxylation sites is 2. The highest BCUT2D eigenvalue weighted by atomic mass is 19.4. The van der Waals surface area contributed by atoms with Crippen LogP contribution in [0.15, 0.2) is 24.3 Å². The smallest absolute Gasteiger partial charge is 0.422 e. The Kier molecular flexibility index (Phi) is 6.48. The molecular weight excluding hydrogens is 285 g/mol. The number of halogens is 3. The standard InChI is InChI=1S/C14H19F3N2O2/c1-2-10(8-18)7-13(20)19-11-5-3-4-6-12(11)21-9-14(15,16)17/h3-6,10H,2,7-9,18H2,1H3,(H,19,20). The first-order chi connectivity index (χ1) is 9.85. The van der Waals surface area contributed by atoms with Crippen molar-refractivity contribution in [2.45, 2.75) is 25.9 Å². The molecule has 0 fully saturated rings. The number of hydrogen-bond donors (Lipinski definition) is 2. The first-order valence-electron chi connectivity index (χ1n) is 6.64. The molecule has 4 nitrogen and oxygen atoms in total. The Morgan fingerprint density at radius 1 is 1.38 bits per heavy atom. The second kappa shape index (κ2) is 7.87. The number of alkyl halides is 3. The van der Waals surface area contributed by atoms with Gasteiger partial charge in [-0.05, 0) is 24.6 Å². The molecule has 1 aromatic rings. The van der Waals surface area contributed by atoms with Gasteiger partial charge in [0.1, 0.15) is 5.75 Å². The van der Waals surface area contributed by atoms with Gasteiger partial charge in [-0.1, -0.05) is 25.5 Å². The number of benzene rings is 1. The normalized spacial score (nSPS) is 12.8. The van der Waals surface area contributed by atoms with Crippen LogP contribution in [0.25, 0.3) is 0 Å². The van der Waals surface area contributed by atoms with Gasteiger partial charge >= 0.3 is 6.18 Å². The number of carbonyl (C=O) groups excluding carboxylic acids is 1. The molecule has 118 valence electrons. The van der Waals surface area contributed by atoms with Gasteiger partial charge in [-0.2, -0.15) is 13.2 Å². The molecule has 1 unspecified atom stereocenters. The molecule has 0 saturated heterocycles. The van der Waals surface area contributed by atoms with E-state index >= 15 is 0 Å². The summed E-state index contributed by atoms with van der Waals surface area (Å²) in [6.07, 6.45) is -3.44. The topological polar surface area (TPSA) is 64.4 Å². The minimum absolute atomic E-state index is 0.0102. The molecule has 0 aromatic heterocycles. The lowest BCUT2D eigenvalue weighted by molar-refractivity contribution is -0.153. The van der Waals surface area contributed by atoms with Crippen molar-refractivity contribution in [3.05, 3.63) is 24.3 Å². The van der Waals surface area contributed by atoms with E-state index in [1.807, 2.05) is 6.92 Å². The summed E-state index contributed by atoms with van der Waals surface area (Å²) in [6.45, 7) is 0.904. The second-order valence-corrected chi connectivity index (χ2v) is 4.66. The zero-order chi connectivity index (χ0) is 15.9. The molecule has 0 saturated carbocycles. The highest BCUT2D eigenvalue weighted by molar-refractivity contribution is 5.92. The van der Waals surface area contributed by atoms with Crippen molar-refractivity contribution in [2.24, 2.45) is 11.7 Å². The molecule has 0 bridgehead atoms. The summed E-state index contributed by atoms with van der Waals surface area (Å²) in [5.41, 5.74) is 5.74. The van der Waals surface area contributed by atoms with E-state index in [1.54, 1.807) is 6.07 Å². The minimum atomic E-state index is -4.43. The summed E-state index contributed by atoms with van der Waals surface area (Å²) >= 11 is 0. The van der Waals surface area contributed by atoms with Gasteiger partial charge in [-0.3, -0.25) is 4.79 Å². The van der Waals surface area contributed by atoms with Crippen LogP contribution >= 0.6 is 0 Å². The van der Waals surface area contributed by atoms with E-state index in [0.29, 0.717) is 6.54 Å². The number of nitrogens with two attached hydrogens (primary N) is 1. The predicted octanol–water partition coefficient (Wildman–Crippen LogP) is 2.94. The molecule has 1 aromatic carbocycles. The highest BCUT2D eigenvalue weighted by Crippen LogP contribution is 2.26. The van der Waals surface area contributed by atoms with Gasteiger partial charge in [-0.25, -0.2) is 0 Å². The summed E-state index contributed by atoms with van der Waals surface area (Å²) in [5.74, 6) is -0.257. The van der Waals surface area contributed by atoms with Crippen molar-refractivity contribution in [2.75, 3.05) is 18.5 Å². The fourth-order valence-corrected chi connectivity index (χ4v) is 1.71. The maximum absolute atomic E-state index is 12.2. The lowest BCUT2D eigenvalue weighted by atomic mass is 10.0. The van der Waals surface area contributed by atoms with Crippen LogP contribution in [0.5, 0.6) is 5.75 Å². The molecule has 3 N–H and O–H groups in total. The number of rotatable bonds is 7. The van der Waals surface area contributed by atoms with E-state index in [-0.39, 0.29) is 29.7 Å². The number of ether oxygens (including phenoxy) is 1. The van der Waals surface area contributed by atoms with Gasteiger partial charge in [0.2, 0.25) is 5.91 Å². The Morgan fingerprint density at radius 2 is 2.05 bits per heavy atom. The molecule has 0 heterocycles. The molecule has 0 aliphatic carbocycles. The Labute approximate surface area is 121 Å². The van der Waals surface area contributed by atoms with Crippen molar-refractivity contribution < 1.29 is 22.7 Å². The molecule has 0 spiro atoms. The average Bonchev–Trinajstić information content (AvgIpc) is 2.43. The van der Waals surface area contributed by atoms with Crippen LogP contribution in [-0.4, -0.2) is 25.2 Å². The van der Waals surface area contributed by atoms with Crippen LogP contribution in [0.2, 0.25) is 0 Å². The molecule has 0 radical (unpaired) electrons. The van der Waals surface area contributed by atoms with Gasteiger partial charge in [0.15, 0.2) is 6.61 Å². The van der Waals surface area contributed by atoms with Crippen LogP contribution in [0.3, 0.4) is 0 Å².